The van der Waals surface area contributed by atoms with E-state index < -0.39 is 10.8 Å². The van der Waals surface area contributed by atoms with Crippen molar-refractivity contribution in [1.82, 2.24) is 25.4 Å². The predicted molar refractivity (Wildman–Crippen MR) is 110 cm³/mol. The molecule has 1 heterocycles. The Balaban J connectivity index is 1.66. The average molecular weight is 395 g/mol. The van der Waals surface area contributed by atoms with Gasteiger partial charge in [0.05, 0.1) is 0 Å². The van der Waals surface area contributed by atoms with Gasteiger partial charge in [-0.2, -0.15) is 0 Å². The molecule has 0 amide bonds. The third-order valence-electron chi connectivity index (χ3n) is 5.88. The van der Waals surface area contributed by atoms with Crippen molar-refractivity contribution < 1.29 is 4.21 Å². The van der Waals surface area contributed by atoms with Crippen LogP contribution < -0.4 is 10.6 Å². The van der Waals surface area contributed by atoms with E-state index >= 15 is 0 Å². The first kappa shape index (κ1) is 20.3. The van der Waals surface area contributed by atoms with Crippen molar-refractivity contribution in [3.8, 4) is 0 Å². The molecule has 1 aromatic rings. The molecule has 3 unspecified atom stereocenters. The summed E-state index contributed by atoms with van der Waals surface area (Å²) >= 11 is 0. The Labute approximate surface area is 165 Å². The molecule has 0 aliphatic heterocycles. The first-order valence-electron chi connectivity index (χ1n) is 10.4. The molecule has 0 saturated heterocycles. The number of rotatable bonds is 6. The summed E-state index contributed by atoms with van der Waals surface area (Å²) in [6.45, 7) is 4.48. The lowest BCUT2D eigenvalue weighted by Gasteiger charge is -2.31. The highest BCUT2D eigenvalue weighted by Crippen LogP contribution is 2.23. The molecule has 2 N–H and O–H groups in total. The van der Waals surface area contributed by atoms with E-state index in [0.29, 0.717) is 23.9 Å². The number of nitrogens with one attached hydrogen (secondary N) is 2. The first-order chi connectivity index (χ1) is 13.1. The van der Waals surface area contributed by atoms with Crippen LogP contribution in [0.4, 0.5) is 0 Å². The van der Waals surface area contributed by atoms with Crippen molar-refractivity contribution in [2.75, 3.05) is 5.75 Å². The highest BCUT2D eigenvalue weighted by molar-refractivity contribution is 7.85. The normalized spacial score (nSPS) is 25.5. The number of aromatic nitrogens is 3. The van der Waals surface area contributed by atoms with Gasteiger partial charge in [-0.1, -0.05) is 26.2 Å². The minimum absolute atomic E-state index is 0.315. The Hall–Kier alpha value is -1.44. The molecule has 3 rings (SSSR count). The van der Waals surface area contributed by atoms with Gasteiger partial charge in [0.25, 0.3) is 0 Å². The highest BCUT2D eigenvalue weighted by Gasteiger charge is 2.27. The summed E-state index contributed by atoms with van der Waals surface area (Å²) in [5.74, 6) is 3.39. The van der Waals surface area contributed by atoms with Crippen LogP contribution in [0.2, 0.25) is 0 Å². The van der Waals surface area contributed by atoms with Gasteiger partial charge in [0, 0.05) is 40.9 Å². The SMILES string of the molecule is CCS(=O)C1CCCC(NC(=NCc2nnc(C)n2C)NC2CCCC2)C1. The number of nitrogens with zero attached hydrogens (tertiary/aromatic N) is 4. The zero-order valence-corrected chi connectivity index (χ0v) is 17.7. The molecule has 3 atom stereocenters. The fourth-order valence-electron chi connectivity index (χ4n) is 4.08. The number of aryl methyl sites for hydroxylation is 1. The van der Waals surface area contributed by atoms with Gasteiger partial charge in [-0.25, -0.2) is 4.99 Å². The van der Waals surface area contributed by atoms with Gasteiger partial charge in [0.1, 0.15) is 12.4 Å². The molecule has 0 bridgehead atoms. The zero-order valence-electron chi connectivity index (χ0n) is 16.9. The lowest BCUT2D eigenvalue weighted by atomic mass is 9.95. The molecule has 2 saturated carbocycles. The number of hydrogen-bond acceptors (Lipinski definition) is 4. The lowest BCUT2D eigenvalue weighted by molar-refractivity contribution is 0.411. The van der Waals surface area contributed by atoms with E-state index in [-0.39, 0.29) is 0 Å². The second-order valence-electron chi connectivity index (χ2n) is 7.81. The van der Waals surface area contributed by atoms with Gasteiger partial charge in [-0.05, 0) is 39.0 Å². The van der Waals surface area contributed by atoms with Crippen LogP contribution in [0.5, 0.6) is 0 Å². The van der Waals surface area contributed by atoms with Crippen LogP contribution in [0.3, 0.4) is 0 Å². The minimum Gasteiger partial charge on any atom is -0.354 e. The molecule has 8 heteroatoms. The number of hydrogen-bond donors (Lipinski definition) is 2. The van der Waals surface area contributed by atoms with Crippen LogP contribution in [-0.4, -0.2) is 48.0 Å². The first-order valence-corrected chi connectivity index (χ1v) is 11.7. The number of guanidine groups is 1. The smallest absolute Gasteiger partial charge is 0.192 e. The predicted octanol–water partition coefficient (Wildman–Crippen LogP) is 2.18. The van der Waals surface area contributed by atoms with E-state index in [1.165, 1.54) is 25.7 Å². The van der Waals surface area contributed by atoms with Crippen LogP contribution in [-0.2, 0) is 24.4 Å². The zero-order chi connectivity index (χ0) is 19.2. The fraction of sp³-hybridized carbons (Fsp3) is 0.842. The molecule has 2 aliphatic rings. The summed E-state index contributed by atoms with van der Waals surface area (Å²) < 4.78 is 14.2. The third-order valence-corrected chi connectivity index (χ3v) is 7.62. The van der Waals surface area contributed by atoms with E-state index in [2.05, 4.69) is 20.8 Å². The fourth-order valence-corrected chi connectivity index (χ4v) is 5.43. The molecule has 27 heavy (non-hydrogen) atoms. The van der Waals surface area contributed by atoms with Crippen molar-refractivity contribution >= 4 is 16.8 Å². The standard InChI is InChI=1S/C19H34N6OS/c1-4-27(26)17-11-7-10-16(12-17)22-19(21-15-8-5-6-9-15)20-13-18-24-23-14(2)25(18)3/h15-17H,4-13H2,1-3H3,(H2,20,21,22). The van der Waals surface area contributed by atoms with Gasteiger partial charge < -0.3 is 15.2 Å². The molecule has 0 radical (unpaired) electrons. The molecule has 7 nitrogen and oxygen atoms in total. The Kier molecular flexibility index (Phi) is 7.26. The Morgan fingerprint density at radius 1 is 1.15 bits per heavy atom. The molecule has 2 aliphatic carbocycles. The summed E-state index contributed by atoms with van der Waals surface area (Å²) in [7, 11) is 1.27. The van der Waals surface area contributed by atoms with Crippen LogP contribution >= 0.6 is 0 Å². The van der Waals surface area contributed by atoms with Crippen LogP contribution in [0.25, 0.3) is 0 Å². The number of aliphatic imine (C=N–C) groups is 1. The Morgan fingerprint density at radius 3 is 2.52 bits per heavy atom. The lowest BCUT2D eigenvalue weighted by Crippen LogP contribution is -2.49. The highest BCUT2D eigenvalue weighted by atomic mass is 32.2. The van der Waals surface area contributed by atoms with Gasteiger partial charge in [0.2, 0.25) is 0 Å². The molecular weight excluding hydrogens is 360 g/mol. The topological polar surface area (TPSA) is 84.2 Å². The molecule has 152 valence electrons. The molecule has 1 aromatic heterocycles. The van der Waals surface area contributed by atoms with Crippen molar-refractivity contribution in [1.29, 1.82) is 0 Å². The molecular formula is C19H34N6OS. The van der Waals surface area contributed by atoms with Crippen LogP contribution in [0.15, 0.2) is 4.99 Å². The second kappa shape index (κ2) is 9.66. The minimum atomic E-state index is -0.709. The molecule has 0 spiro atoms. The summed E-state index contributed by atoms with van der Waals surface area (Å²) in [4.78, 5) is 4.81. The van der Waals surface area contributed by atoms with Crippen LogP contribution in [0, 0.1) is 6.92 Å². The average Bonchev–Trinajstić information content (AvgIpc) is 3.30. The molecule has 2 fully saturated rings. The second-order valence-corrected chi connectivity index (χ2v) is 9.82. The largest absolute Gasteiger partial charge is 0.354 e. The van der Waals surface area contributed by atoms with Crippen LogP contribution in [0.1, 0.15) is 69.9 Å². The van der Waals surface area contributed by atoms with E-state index in [1.807, 2.05) is 25.5 Å². The van der Waals surface area contributed by atoms with Gasteiger partial charge in [0.15, 0.2) is 11.8 Å². The summed E-state index contributed by atoms with van der Waals surface area (Å²) in [5.41, 5.74) is 0. The van der Waals surface area contributed by atoms with Crippen molar-refractivity contribution in [2.24, 2.45) is 12.0 Å². The van der Waals surface area contributed by atoms with Crippen molar-refractivity contribution in [3.05, 3.63) is 11.6 Å². The van der Waals surface area contributed by atoms with E-state index in [4.69, 9.17) is 4.99 Å². The monoisotopic (exact) mass is 394 g/mol. The van der Waals surface area contributed by atoms with Gasteiger partial charge in [-0.15, -0.1) is 10.2 Å². The van der Waals surface area contributed by atoms with Gasteiger partial charge in [-0.3, -0.25) is 4.21 Å². The third kappa shape index (κ3) is 5.53. The molecule has 0 aromatic carbocycles. The summed E-state index contributed by atoms with van der Waals surface area (Å²) in [6, 6.07) is 0.842. The summed E-state index contributed by atoms with van der Waals surface area (Å²) in [5, 5.41) is 15.9. The van der Waals surface area contributed by atoms with Crippen molar-refractivity contribution in [2.45, 2.75) is 89.1 Å². The van der Waals surface area contributed by atoms with E-state index in [0.717, 1.165) is 49.0 Å². The van der Waals surface area contributed by atoms with Crippen molar-refractivity contribution in [3.63, 3.8) is 0 Å². The van der Waals surface area contributed by atoms with E-state index in [1.54, 1.807) is 0 Å². The summed E-state index contributed by atoms with van der Waals surface area (Å²) in [6.07, 6.45) is 9.28. The Morgan fingerprint density at radius 2 is 1.85 bits per heavy atom. The van der Waals surface area contributed by atoms with E-state index in [9.17, 15) is 4.21 Å². The van der Waals surface area contributed by atoms with Gasteiger partial charge >= 0.3 is 0 Å². The maximum atomic E-state index is 12.2. The maximum Gasteiger partial charge on any atom is 0.192 e. The Bertz CT molecular complexity index is 667. The quantitative estimate of drug-likeness (QED) is 0.571. The maximum absolute atomic E-state index is 12.2.